The van der Waals surface area contributed by atoms with E-state index in [9.17, 15) is 4.79 Å². The number of thioether (sulfide) groups is 1. The first-order valence-electron chi connectivity index (χ1n) is 6.88. The van der Waals surface area contributed by atoms with Gasteiger partial charge in [-0.3, -0.25) is 4.79 Å². The fourth-order valence-electron chi connectivity index (χ4n) is 3.18. The SMILES string of the molecule is CC1(C)CC(=O)c2ccn(CC3CCCS3)c2C1. The van der Waals surface area contributed by atoms with E-state index in [0.29, 0.717) is 12.2 Å². The molecule has 0 radical (unpaired) electrons. The van der Waals surface area contributed by atoms with Crippen LogP contribution in [0, 0.1) is 5.41 Å². The summed E-state index contributed by atoms with van der Waals surface area (Å²) in [7, 11) is 0. The third-order valence-corrected chi connectivity index (χ3v) is 5.47. The topological polar surface area (TPSA) is 22.0 Å². The first-order chi connectivity index (χ1) is 8.55. The molecule has 18 heavy (non-hydrogen) atoms. The molecule has 1 atom stereocenters. The van der Waals surface area contributed by atoms with E-state index in [2.05, 4.69) is 36.4 Å². The zero-order chi connectivity index (χ0) is 12.8. The van der Waals surface area contributed by atoms with Crippen LogP contribution in [0.3, 0.4) is 0 Å². The molecule has 1 aliphatic heterocycles. The Kier molecular flexibility index (Phi) is 3.05. The van der Waals surface area contributed by atoms with Gasteiger partial charge in [0.05, 0.1) is 0 Å². The minimum atomic E-state index is 0.128. The van der Waals surface area contributed by atoms with Crippen LogP contribution in [0.2, 0.25) is 0 Å². The lowest BCUT2D eigenvalue weighted by atomic mass is 9.76. The molecule has 2 aliphatic rings. The molecule has 98 valence electrons. The van der Waals surface area contributed by atoms with Crippen molar-refractivity contribution in [3.63, 3.8) is 0 Å². The summed E-state index contributed by atoms with van der Waals surface area (Å²) in [6.07, 6.45) is 6.54. The van der Waals surface area contributed by atoms with Crippen LogP contribution in [0.25, 0.3) is 0 Å². The van der Waals surface area contributed by atoms with Crippen molar-refractivity contribution < 1.29 is 4.79 Å². The fraction of sp³-hybridized carbons (Fsp3) is 0.667. The summed E-state index contributed by atoms with van der Waals surface area (Å²) in [5.41, 5.74) is 2.39. The van der Waals surface area contributed by atoms with Gasteiger partial charge in [0.15, 0.2) is 5.78 Å². The molecule has 0 N–H and O–H groups in total. The van der Waals surface area contributed by atoms with Crippen LogP contribution in [-0.2, 0) is 13.0 Å². The van der Waals surface area contributed by atoms with Crippen molar-refractivity contribution in [1.29, 1.82) is 0 Å². The number of aromatic nitrogens is 1. The van der Waals surface area contributed by atoms with Crippen molar-refractivity contribution in [2.75, 3.05) is 5.75 Å². The molecule has 2 nitrogen and oxygen atoms in total. The summed E-state index contributed by atoms with van der Waals surface area (Å²) in [5, 5.41) is 0.752. The number of carbonyl (C=O) groups is 1. The lowest BCUT2D eigenvalue weighted by molar-refractivity contribution is 0.0910. The van der Waals surface area contributed by atoms with Gasteiger partial charge in [-0.05, 0) is 36.5 Å². The van der Waals surface area contributed by atoms with Crippen molar-refractivity contribution in [3.8, 4) is 0 Å². The molecule has 1 aromatic heterocycles. The molecule has 0 saturated carbocycles. The van der Waals surface area contributed by atoms with Gasteiger partial charge < -0.3 is 4.57 Å². The molecule has 3 heteroatoms. The first kappa shape index (κ1) is 12.3. The van der Waals surface area contributed by atoms with E-state index in [-0.39, 0.29) is 5.41 Å². The van der Waals surface area contributed by atoms with E-state index < -0.39 is 0 Å². The number of hydrogen-bond acceptors (Lipinski definition) is 2. The second-order valence-corrected chi connectivity index (χ2v) is 7.81. The number of carbonyl (C=O) groups excluding carboxylic acids is 1. The molecule has 1 unspecified atom stereocenters. The van der Waals surface area contributed by atoms with Crippen molar-refractivity contribution in [2.24, 2.45) is 5.41 Å². The van der Waals surface area contributed by atoms with Crippen molar-refractivity contribution in [3.05, 3.63) is 23.5 Å². The van der Waals surface area contributed by atoms with Gasteiger partial charge in [-0.25, -0.2) is 0 Å². The van der Waals surface area contributed by atoms with Crippen molar-refractivity contribution in [1.82, 2.24) is 4.57 Å². The number of Topliss-reactive ketones (excluding diaryl/α,β-unsaturated/α-hetero) is 1. The number of hydrogen-bond donors (Lipinski definition) is 0. The second kappa shape index (κ2) is 4.44. The Bertz CT molecular complexity index is 469. The van der Waals surface area contributed by atoms with Gasteiger partial charge in [-0.2, -0.15) is 11.8 Å². The average molecular weight is 263 g/mol. The maximum absolute atomic E-state index is 12.1. The number of ketones is 1. The highest BCUT2D eigenvalue weighted by Gasteiger charge is 2.33. The third kappa shape index (κ3) is 2.25. The van der Waals surface area contributed by atoms with Crippen LogP contribution in [0.4, 0.5) is 0 Å². The van der Waals surface area contributed by atoms with Gasteiger partial charge in [-0.1, -0.05) is 13.8 Å². The van der Waals surface area contributed by atoms with E-state index in [4.69, 9.17) is 0 Å². The Balaban J connectivity index is 1.87. The van der Waals surface area contributed by atoms with E-state index in [0.717, 1.165) is 23.8 Å². The van der Waals surface area contributed by atoms with Crippen LogP contribution >= 0.6 is 11.8 Å². The molecule has 0 spiro atoms. The quantitative estimate of drug-likeness (QED) is 0.814. The Labute approximate surface area is 113 Å². The normalized spacial score (nSPS) is 26.3. The Morgan fingerprint density at radius 3 is 3.00 bits per heavy atom. The Hall–Kier alpha value is -0.700. The highest BCUT2D eigenvalue weighted by atomic mass is 32.2. The summed E-state index contributed by atoms with van der Waals surface area (Å²) >= 11 is 2.09. The van der Waals surface area contributed by atoms with E-state index in [1.165, 1.54) is 24.3 Å². The molecular weight excluding hydrogens is 242 g/mol. The third-order valence-electron chi connectivity index (χ3n) is 4.09. The maximum atomic E-state index is 12.1. The smallest absolute Gasteiger partial charge is 0.165 e. The summed E-state index contributed by atoms with van der Waals surface area (Å²) in [4.78, 5) is 12.1. The van der Waals surface area contributed by atoms with Crippen LogP contribution in [-0.4, -0.2) is 21.4 Å². The van der Waals surface area contributed by atoms with Crippen LogP contribution in [0.15, 0.2) is 12.3 Å². The van der Waals surface area contributed by atoms with Gasteiger partial charge in [0.25, 0.3) is 0 Å². The fourth-order valence-corrected chi connectivity index (χ4v) is 4.45. The summed E-state index contributed by atoms with van der Waals surface area (Å²) in [6.45, 7) is 5.49. The monoisotopic (exact) mass is 263 g/mol. The molecule has 0 bridgehead atoms. The molecule has 1 aliphatic carbocycles. The largest absolute Gasteiger partial charge is 0.350 e. The van der Waals surface area contributed by atoms with Gasteiger partial charge >= 0.3 is 0 Å². The summed E-state index contributed by atoms with van der Waals surface area (Å²) < 4.78 is 2.34. The van der Waals surface area contributed by atoms with Gasteiger partial charge in [0.2, 0.25) is 0 Å². The zero-order valence-corrected chi connectivity index (χ0v) is 12.1. The first-order valence-corrected chi connectivity index (χ1v) is 7.93. The lowest BCUT2D eigenvalue weighted by Crippen LogP contribution is -2.28. The number of nitrogens with zero attached hydrogens (tertiary/aromatic N) is 1. The molecule has 1 saturated heterocycles. The van der Waals surface area contributed by atoms with Gasteiger partial charge in [0, 0.05) is 35.7 Å². The molecule has 1 fully saturated rings. The molecule has 0 amide bonds. The predicted octanol–water partition coefficient (Wildman–Crippen LogP) is 3.54. The number of fused-ring (bicyclic) bond motifs is 1. The van der Waals surface area contributed by atoms with E-state index in [1.54, 1.807) is 0 Å². The molecule has 1 aromatic rings. The summed E-state index contributed by atoms with van der Waals surface area (Å²) in [5.74, 6) is 1.64. The van der Waals surface area contributed by atoms with Crippen molar-refractivity contribution >= 4 is 17.5 Å². The molecular formula is C15H21NOS. The average Bonchev–Trinajstić information content (AvgIpc) is 2.88. The lowest BCUT2D eigenvalue weighted by Gasteiger charge is -2.30. The van der Waals surface area contributed by atoms with Gasteiger partial charge in [-0.15, -0.1) is 0 Å². The minimum absolute atomic E-state index is 0.128. The molecule has 0 aromatic carbocycles. The standard InChI is InChI=1S/C15H21NOS/c1-15(2)8-13-12(14(17)9-15)5-6-16(13)10-11-4-3-7-18-11/h5-6,11H,3-4,7-10H2,1-2H3. The molecule has 3 rings (SSSR count). The highest BCUT2D eigenvalue weighted by Crippen LogP contribution is 2.36. The van der Waals surface area contributed by atoms with Crippen LogP contribution < -0.4 is 0 Å². The van der Waals surface area contributed by atoms with Gasteiger partial charge in [0.1, 0.15) is 0 Å². The highest BCUT2D eigenvalue weighted by molar-refractivity contribution is 8.00. The summed E-state index contributed by atoms with van der Waals surface area (Å²) in [6, 6.07) is 2.03. The van der Waals surface area contributed by atoms with E-state index >= 15 is 0 Å². The predicted molar refractivity (Wildman–Crippen MR) is 76.3 cm³/mol. The second-order valence-electron chi connectivity index (χ2n) is 6.40. The van der Waals surface area contributed by atoms with Crippen LogP contribution in [0.5, 0.6) is 0 Å². The Morgan fingerprint density at radius 1 is 1.44 bits per heavy atom. The van der Waals surface area contributed by atoms with E-state index in [1.807, 2.05) is 6.07 Å². The zero-order valence-electron chi connectivity index (χ0n) is 11.2. The van der Waals surface area contributed by atoms with Crippen molar-refractivity contribution in [2.45, 2.75) is 51.3 Å². The number of rotatable bonds is 2. The van der Waals surface area contributed by atoms with Crippen LogP contribution in [0.1, 0.15) is 49.2 Å². The molecule has 2 heterocycles. The Morgan fingerprint density at radius 2 is 2.28 bits per heavy atom. The maximum Gasteiger partial charge on any atom is 0.165 e. The minimum Gasteiger partial charge on any atom is -0.350 e.